The summed E-state index contributed by atoms with van der Waals surface area (Å²) in [6.07, 6.45) is 5.65. The lowest BCUT2D eigenvalue weighted by Gasteiger charge is -2.22. The fourth-order valence-electron chi connectivity index (χ4n) is 2.37. The first-order chi connectivity index (χ1) is 9.56. The van der Waals surface area contributed by atoms with Gasteiger partial charge in [0, 0.05) is 6.04 Å². The number of aromatic nitrogens is 1. The number of nitrogens with zero attached hydrogens (tertiary/aromatic N) is 1. The SMILES string of the molecule is Cc1nc(CNC(=O)NC2CCCCC2)sc1C(=O)O. The predicted molar refractivity (Wildman–Crippen MR) is 76.1 cm³/mol. The lowest BCUT2D eigenvalue weighted by molar-refractivity contribution is 0.0701. The van der Waals surface area contributed by atoms with Crippen molar-refractivity contribution in [3.05, 3.63) is 15.6 Å². The standard InChI is InChI=1S/C13H19N3O3S/c1-8-11(12(17)18)20-10(15-8)7-14-13(19)16-9-5-3-2-4-6-9/h9H,2-7H2,1H3,(H,17,18)(H2,14,16,19). The molecule has 20 heavy (non-hydrogen) atoms. The van der Waals surface area contributed by atoms with Gasteiger partial charge in [-0.25, -0.2) is 14.6 Å². The molecule has 0 bridgehead atoms. The molecule has 1 aliphatic carbocycles. The van der Waals surface area contributed by atoms with Crippen LogP contribution in [0.4, 0.5) is 4.79 Å². The van der Waals surface area contributed by atoms with E-state index in [0.717, 1.165) is 24.2 Å². The Morgan fingerprint density at radius 1 is 1.35 bits per heavy atom. The summed E-state index contributed by atoms with van der Waals surface area (Å²) >= 11 is 1.10. The second-order valence-corrected chi connectivity index (χ2v) is 6.07. The van der Waals surface area contributed by atoms with E-state index >= 15 is 0 Å². The minimum absolute atomic E-state index is 0.207. The van der Waals surface area contributed by atoms with Crippen molar-refractivity contribution in [3.8, 4) is 0 Å². The largest absolute Gasteiger partial charge is 0.477 e. The van der Waals surface area contributed by atoms with Gasteiger partial charge in [-0.3, -0.25) is 0 Å². The van der Waals surface area contributed by atoms with Crippen LogP contribution >= 0.6 is 11.3 Å². The highest BCUT2D eigenvalue weighted by atomic mass is 32.1. The van der Waals surface area contributed by atoms with E-state index in [1.54, 1.807) is 6.92 Å². The molecule has 1 aromatic rings. The van der Waals surface area contributed by atoms with Crippen molar-refractivity contribution in [2.24, 2.45) is 0 Å². The van der Waals surface area contributed by atoms with Crippen molar-refractivity contribution in [1.29, 1.82) is 0 Å². The number of carboxylic acid groups (broad SMARTS) is 1. The number of hydrogen-bond donors (Lipinski definition) is 3. The summed E-state index contributed by atoms with van der Waals surface area (Å²) in [6, 6.07) is 0.0537. The van der Waals surface area contributed by atoms with Crippen LogP contribution in [0.1, 0.15) is 52.5 Å². The number of thiazole rings is 1. The fraction of sp³-hybridized carbons (Fsp3) is 0.615. The topological polar surface area (TPSA) is 91.3 Å². The van der Waals surface area contributed by atoms with E-state index in [4.69, 9.17) is 5.11 Å². The molecule has 0 saturated heterocycles. The number of rotatable bonds is 4. The van der Waals surface area contributed by atoms with Crippen LogP contribution in [0.2, 0.25) is 0 Å². The molecule has 3 N–H and O–H groups in total. The number of amides is 2. The number of nitrogens with one attached hydrogen (secondary N) is 2. The smallest absolute Gasteiger partial charge is 0.347 e. The number of hydrogen-bond acceptors (Lipinski definition) is 4. The van der Waals surface area contributed by atoms with Gasteiger partial charge < -0.3 is 15.7 Å². The van der Waals surface area contributed by atoms with Crippen LogP contribution in [0.15, 0.2) is 0 Å². The summed E-state index contributed by atoms with van der Waals surface area (Å²) in [5, 5.41) is 15.2. The van der Waals surface area contributed by atoms with Crippen molar-refractivity contribution >= 4 is 23.3 Å². The summed E-state index contributed by atoms with van der Waals surface area (Å²) < 4.78 is 0. The monoisotopic (exact) mass is 297 g/mol. The van der Waals surface area contributed by atoms with Crippen molar-refractivity contribution in [2.75, 3.05) is 0 Å². The molecular weight excluding hydrogens is 278 g/mol. The average molecular weight is 297 g/mol. The molecule has 2 rings (SSSR count). The van der Waals surface area contributed by atoms with Gasteiger partial charge in [0.15, 0.2) is 0 Å². The molecule has 0 radical (unpaired) electrons. The Morgan fingerprint density at radius 3 is 2.65 bits per heavy atom. The minimum Gasteiger partial charge on any atom is -0.477 e. The Kier molecular flexibility index (Phi) is 4.94. The minimum atomic E-state index is -0.974. The van der Waals surface area contributed by atoms with Gasteiger partial charge in [0.25, 0.3) is 0 Å². The highest BCUT2D eigenvalue weighted by Gasteiger charge is 2.17. The highest BCUT2D eigenvalue weighted by Crippen LogP contribution is 2.18. The normalized spacial score (nSPS) is 15.8. The van der Waals surface area contributed by atoms with E-state index in [-0.39, 0.29) is 23.5 Å². The van der Waals surface area contributed by atoms with Gasteiger partial charge in [-0.15, -0.1) is 11.3 Å². The van der Waals surface area contributed by atoms with E-state index in [1.165, 1.54) is 19.3 Å². The molecule has 0 atom stereocenters. The van der Waals surface area contributed by atoms with Crippen molar-refractivity contribution in [3.63, 3.8) is 0 Å². The molecule has 0 aromatic carbocycles. The summed E-state index contributed by atoms with van der Waals surface area (Å²) in [4.78, 5) is 27.0. The number of carboxylic acids is 1. The first kappa shape index (κ1) is 14.8. The maximum atomic E-state index is 11.7. The molecule has 1 aliphatic rings. The lowest BCUT2D eigenvalue weighted by atomic mass is 9.96. The molecule has 1 heterocycles. The summed E-state index contributed by atoms with van der Waals surface area (Å²) in [6.45, 7) is 1.92. The quantitative estimate of drug-likeness (QED) is 0.795. The van der Waals surface area contributed by atoms with Gasteiger partial charge in [-0.2, -0.15) is 0 Å². The van der Waals surface area contributed by atoms with Gasteiger partial charge in [-0.05, 0) is 19.8 Å². The predicted octanol–water partition coefficient (Wildman–Crippen LogP) is 2.28. The van der Waals surface area contributed by atoms with Gasteiger partial charge in [-0.1, -0.05) is 19.3 Å². The zero-order chi connectivity index (χ0) is 14.5. The number of urea groups is 1. The van der Waals surface area contributed by atoms with Crippen molar-refractivity contribution < 1.29 is 14.7 Å². The van der Waals surface area contributed by atoms with E-state index in [0.29, 0.717) is 10.7 Å². The third-order valence-electron chi connectivity index (χ3n) is 3.38. The van der Waals surface area contributed by atoms with Crippen LogP contribution in [0.25, 0.3) is 0 Å². The first-order valence-electron chi connectivity index (χ1n) is 6.80. The summed E-state index contributed by atoms with van der Waals surface area (Å²) in [5.41, 5.74) is 0.493. The Labute approximate surface area is 121 Å². The second kappa shape index (κ2) is 6.69. The van der Waals surface area contributed by atoms with E-state index in [9.17, 15) is 9.59 Å². The molecule has 2 amide bonds. The Balaban J connectivity index is 1.80. The van der Waals surface area contributed by atoms with Crippen LogP contribution < -0.4 is 10.6 Å². The van der Waals surface area contributed by atoms with Crippen LogP contribution in [-0.4, -0.2) is 28.1 Å². The van der Waals surface area contributed by atoms with E-state index < -0.39 is 5.97 Å². The molecular formula is C13H19N3O3S. The van der Waals surface area contributed by atoms with Crippen LogP contribution in [0.5, 0.6) is 0 Å². The van der Waals surface area contributed by atoms with Crippen molar-refractivity contribution in [2.45, 2.75) is 51.6 Å². The first-order valence-corrected chi connectivity index (χ1v) is 7.62. The van der Waals surface area contributed by atoms with E-state index in [2.05, 4.69) is 15.6 Å². The number of carbonyl (C=O) groups is 2. The molecule has 0 unspecified atom stereocenters. The molecule has 1 aromatic heterocycles. The maximum Gasteiger partial charge on any atom is 0.347 e. The second-order valence-electron chi connectivity index (χ2n) is 4.99. The zero-order valence-corrected chi connectivity index (χ0v) is 12.3. The Hall–Kier alpha value is -1.63. The summed E-state index contributed by atoms with van der Waals surface area (Å²) in [7, 11) is 0. The van der Waals surface area contributed by atoms with Crippen LogP contribution in [-0.2, 0) is 6.54 Å². The lowest BCUT2D eigenvalue weighted by Crippen LogP contribution is -2.42. The Bertz CT molecular complexity index is 495. The molecule has 0 aliphatic heterocycles. The molecule has 110 valence electrons. The molecule has 1 saturated carbocycles. The number of carbonyl (C=O) groups excluding carboxylic acids is 1. The Morgan fingerprint density at radius 2 is 2.05 bits per heavy atom. The van der Waals surface area contributed by atoms with Crippen LogP contribution in [0.3, 0.4) is 0 Å². The van der Waals surface area contributed by atoms with Gasteiger partial charge in [0.05, 0.1) is 12.2 Å². The number of aromatic carboxylic acids is 1. The summed E-state index contributed by atoms with van der Waals surface area (Å²) in [5.74, 6) is -0.974. The zero-order valence-electron chi connectivity index (χ0n) is 11.4. The fourth-order valence-corrected chi connectivity index (χ4v) is 3.21. The van der Waals surface area contributed by atoms with Crippen molar-refractivity contribution in [1.82, 2.24) is 15.6 Å². The number of aryl methyl sites for hydroxylation is 1. The molecule has 1 fully saturated rings. The highest BCUT2D eigenvalue weighted by molar-refractivity contribution is 7.13. The molecule has 0 spiro atoms. The van der Waals surface area contributed by atoms with E-state index in [1.807, 2.05) is 0 Å². The third kappa shape index (κ3) is 3.93. The van der Waals surface area contributed by atoms with Gasteiger partial charge in [0.2, 0.25) is 0 Å². The third-order valence-corrected chi connectivity index (χ3v) is 4.52. The van der Waals surface area contributed by atoms with Gasteiger partial charge in [0.1, 0.15) is 9.88 Å². The molecule has 6 nitrogen and oxygen atoms in total. The average Bonchev–Trinajstić information content (AvgIpc) is 2.79. The van der Waals surface area contributed by atoms with Gasteiger partial charge >= 0.3 is 12.0 Å². The molecule has 7 heteroatoms. The maximum absolute atomic E-state index is 11.7. The van der Waals surface area contributed by atoms with Crippen LogP contribution in [0, 0.1) is 6.92 Å².